The maximum absolute atomic E-state index is 4.60. The lowest BCUT2D eigenvalue weighted by Gasteiger charge is -2.02. The molecule has 5 nitrogen and oxygen atoms in total. The van der Waals surface area contributed by atoms with Crippen LogP contribution in [0, 0.1) is 20.8 Å². The van der Waals surface area contributed by atoms with Gasteiger partial charge in [0.2, 0.25) is 5.78 Å². The van der Waals surface area contributed by atoms with Gasteiger partial charge in [-0.2, -0.15) is 0 Å². The van der Waals surface area contributed by atoms with Crippen molar-refractivity contribution in [1.29, 1.82) is 0 Å². The lowest BCUT2D eigenvalue weighted by molar-refractivity contribution is 0.931. The number of halogens is 1. The van der Waals surface area contributed by atoms with E-state index in [2.05, 4.69) is 42.8 Å². The molecule has 0 atom stereocenters. The number of aryl methyl sites for hydroxylation is 3. The highest BCUT2D eigenvalue weighted by Crippen LogP contribution is 2.26. The summed E-state index contributed by atoms with van der Waals surface area (Å²) >= 11 is 5.19. The van der Waals surface area contributed by atoms with Gasteiger partial charge in [-0.1, -0.05) is 11.8 Å². The van der Waals surface area contributed by atoms with E-state index < -0.39 is 0 Å². The van der Waals surface area contributed by atoms with E-state index in [-0.39, 0.29) is 0 Å². The van der Waals surface area contributed by atoms with E-state index in [0.717, 1.165) is 38.3 Å². The Kier molecular flexibility index (Phi) is 3.95. The van der Waals surface area contributed by atoms with Gasteiger partial charge in [0.05, 0.1) is 5.69 Å². The molecule has 7 heteroatoms. The quantitative estimate of drug-likeness (QED) is 0.526. The largest absolute Gasteiger partial charge is 0.275 e. The van der Waals surface area contributed by atoms with Crippen molar-refractivity contribution in [3.8, 4) is 0 Å². The lowest BCUT2D eigenvalue weighted by atomic mass is 10.3. The fourth-order valence-corrected chi connectivity index (χ4v) is 3.76. The molecule has 0 bridgehead atoms. The van der Waals surface area contributed by atoms with Crippen molar-refractivity contribution >= 4 is 33.5 Å². The van der Waals surface area contributed by atoms with Crippen LogP contribution in [0.2, 0.25) is 0 Å². The normalized spacial score (nSPS) is 11.2. The fourth-order valence-electron chi connectivity index (χ4n) is 2.10. The highest BCUT2D eigenvalue weighted by atomic mass is 79.9. The lowest BCUT2D eigenvalue weighted by Crippen LogP contribution is -1.96. The first-order valence-electron chi connectivity index (χ1n) is 6.48. The van der Waals surface area contributed by atoms with Gasteiger partial charge in [-0.05, 0) is 48.8 Å². The van der Waals surface area contributed by atoms with Crippen molar-refractivity contribution < 1.29 is 0 Å². The number of fused-ring (bicyclic) bond motifs is 1. The third-order valence-corrected chi connectivity index (χ3v) is 4.71. The molecule has 3 aromatic heterocycles. The van der Waals surface area contributed by atoms with E-state index in [1.807, 2.05) is 30.4 Å². The highest BCUT2D eigenvalue weighted by molar-refractivity contribution is 9.10. The first-order chi connectivity index (χ1) is 10.0. The SMILES string of the molecule is Cc1ccnc(SCc2nc3nc(C)cc(C)n3c2Br)n1. The monoisotopic (exact) mass is 363 g/mol. The minimum absolute atomic E-state index is 0.700. The summed E-state index contributed by atoms with van der Waals surface area (Å²) in [6, 6.07) is 3.93. The van der Waals surface area contributed by atoms with Gasteiger partial charge in [0, 0.05) is 29.0 Å². The van der Waals surface area contributed by atoms with Gasteiger partial charge in [0.1, 0.15) is 4.60 Å². The van der Waals surface area contributed by atoms with E-state index in [0.29, 0.717) is 5.75 Å². The van der Waals surface area contributed by atoms with Crippen LogP contribution in [0.3, 0.4) is 0 Å². The van der Waals surface area contributed by atoms with Gasteiger partial charge in [-0.3, -0.25) is 4.40 Å². The molecule has 3 heterocycles. The van der Waals surface area contributed by atoms with Crippen LogP contribution in [0.5, 0.6) is 0 Å². The van der Waals surface area contributed by atoms with Gasteiger partial charge < -0.3 is 0 Å². The molecule has 0 unspecified atom stereocenters. The number of hydrogen-bond donors (Lipinski definition) is 0. The molecule has 0 aromatic carbocycles. The van der Waals surface area contributed by atoms with Gasteiger partial charge in [0.15, 0.2) is 5.16 Å². The molecule has 0 saturated heterocycles. The number of hydrogen-bond acceptors (Lipinski definition) is 5. The van der Waals surface area contributed by atoms with E-state index in [4.69, 9.17) is 0 Å². The van der Waals surface area contributed by atoms with Gasteiger partial charge in [-0.25, -0.2) is 19.9 Å². The molecule has 0 aliphatic carbocycles. The zero-order valence-corrected chi connectivity index (χ0v) is 14.4. The summed E-state index contributed by atoms with van der Waals surface area (Å²) in [6.45, 7) is 5.99. The van der Waals surface area contributed by atoms with Crippen LogP contribution in [0.4, 0.5) is 0 Å². The zero-order valence-electron chi connectivity index (χ0n) is 12.0. The summed E-state index contributed by atoms with van der Waals surface area (Å²) in [4.78, 5) is 17.7. The minimum Gasteiger partial charge on any atom is -0.275 e. The summed E-state index contributed by atoms with van der Waals surface area (Å²) in [6.07, 6.45) is 1.78. The highest BCUT2D eigenvalue weighted by Gasteiger charge is 2.13. The third-order valence-electron chi connectivity index (χ3n) is 3.03. The molecule has 21 heavy (non-hydrogen) atoms. The average molecular weight is 364 g/mol. The Labute approximate surface area is 135 Å². The van der Waals surface area contributed by atoms with Crippen LogP contribution in [0.15, 0.2) is 28.1 Å². The van der Waals surface area contributed by atoms with Gasteiger partial charge in [0.25, 0.3) is 0 Å². The van der Waals surface area contributed by atoms with E-state index in [1.54, 1.807) is 18.0 Å². The maximum atomic E-state index is 4.60. The second-order valence-electron chi connectivity index (χ2n) is 4.79. The predicted octanol–water partition coefficient (Wildman–Crippen LogP) is 3.50. The Hall–Kier alpha value is -1.47. The van der Waals surface area contributed by atoms with Crippen LogP contribution in [0.1, 0.15) is 22.8 Å². The van der Waals surface area contributed by atoms with Crippen molar-refractivity contribution in [2.75, 3.05) is 0 Å². The van der Waals surface area contributed by atoms with Crippen LogP contribution in [-0.4, -0.2) is 24.3 Å². The molecule has 0 aliphatic rings. The smallest absolute Gasteiger partial charge is 0.235 e. The first-order valence-corrected chi connectivity index (χ1v) is 8.26. The predicted molar refractivity (Wildman–Crippen MR) is 86.5 cm³/mol. The number of imidazole rings is 1. The Morgan fingerprint density at radius 1 is 1.14 bits per heavy atom. The summed E-state index contributed by atoms with van der Waals surface area (Å²) in [7, 11) is 0. The van der Waals surface area contributed by atoms with Crippen molar-refractivity contribution in [3.05, 3.63) is 45.7 Å². The molecule has 0 N–H and O–H groups in total. The van der Waals surface area contributed by atoms with Crippen LogP contribution < -0.4 is 0 Å². The minimum atomic E-state index is 0.700. The molecular formula is C14H14BrN5S. The van der Waals surface area contributed by atoms with Gasteiger partial charge >= 0.3 is 0 Å². The Morgan fingerprint density at radius 2 is 1.95 bits per heavy atom. The second-order valence-corrected chi connectivity index (χ2v) is 6.49. The number of aromatic nitrogens is 5. The second kappa shape index (κ2) is 5.73. The number of rotatable bonds is 3. The molecule has 3 aromatic rings. The van der Waals surface area contributed by atoms with E-state index in [9.17, 15) is 0 Å². The molecule has 0 saturated carbocycles. The van der Waals surface area contributed by atoms with E-state index in [1.165, 1.54) is 0 Å². The van der Waals surface area contributed by atoms with Crippen molar-refractivity contribution in [2.45, 2.75) is 31.7 Å². The summed E-state index contributed by atoms with van der Waals surface area (Å²) in [5.74, 6) is 1.42. The molecular weight excluding hydrogens is 350 g/mol. The molecule has 0 aliphatic heterocycles. The molecule has 3 rings (SSSR count). The van der Waals surface area contributed by atoms with Crippen LogP contribution in [0.25, 0.3) is 5.78 Å². The standard InChI is InChI=1S/C14H14BrN5S/c1-8-4-5-16-14(18-8)21-7-11-12(15)20-10(3)6-9(2)17-13(20)19-11/h4-6H,7H2,1-3H3. The van der Waals surface area contributed by atoms with Crippen molar-refractivity contribution in [2.24, 2.45) is 0 Å². The summed E-state index contributed by atoms with van der Waals surface area (Å²) < 4.78 is 2.96. The maximum Gasteiger partial charge on any atom is 0.235 e. The molecule has 0 spiro atoms. The summed E-state index contributed by atoms with van der Waals surface area (Å²) in [5, 5.41) is 0.764. The Balaban J connectivity index is 1.91. The molecule has 0 fully saturated rings. The molecule has 0 amide bonds. The molecule has 108 valence electrons. The molecule has 0 radical (unpaired) electrons. The third kappa shape index (κ3) is 2.94. The van der Waals surface area contributed by atoms with Crippen molar-refractivity contribution in [1.82, 2.24) is 24.3 Å². The fraction of sp³-hybridized carbons (Fsp3) is 0.286. The zero-order chi connectivity index (χ0) is 15.0. The number of nitrogens with zero attached hydrogens (tertiary/aromatic N) is 5. The average Bonchev–Trinajstić information content (AvgIpc) is 2.73. The Bertz CT molecular complexity index is 814. The number of thioether (sulfide) groups is 1. The van der Waals surface area contributed by atoms with E-state index >= 15 is 0 Å². The topological polar surface area (TPSA) is 56.0 Å². The van der Waals surface area contributed by atoms with Crippen LogP contribution >= 0.6 is 27.7 Å². The van der Waals surface area contributed by atoms with Crippen LogP contribution in [-0.2, 0) is 5.75 Å². The first kappa shape index (κ1) is 14.5. The van der Waals surface area contributed by atoms with Gasteiger partial charge in [-0.15, -0.1) is 0 Å². The Morgan fingerprint density at radius 3 is 2.71 bits per heavy atom. The van der Waals surface area contributed by atoms with Crippen molar-refractivity contribution in [3.63, 3.8) is 0 Å². The summed E-state index contributed by atoms with van der Waals surface area (Å²) in [5.41, 5.74) is 4.00.